The number of ether oxygens (including phenoxy) is 2. The molecule has 0 aromatic carbocycles. The quantitative estimate of drug-likeness (QED) is 0.490. The summed E-state index contributed by atoms with van der Waals surface area (Å²) in [6.45, 7) is 1.65. The maximum absolute atomic E-state index is 11.0. The lowest BCUT2D eigenvalue weighted by atomic mass is 10.4. The number of morpholine rings is 1. The van der Waals surface area contributed by atoms with Crippen LogP contribution in [-0.2, 0) is 23.9 Å². The molecule has 94 valence electrons. The number of hydrogen-bond acceptors (Lipinski definition) is 6. The molecule has 1 saturated heterocycles. The fourth-order valence-electron chi connectivity index (χ4n) is 1.25. The van der Waals surface area contributed by atoms with Crippen LogP contribution in [0.2, 0.25) is 0 Å². The van der Waals surface area contributed by atoms with Crippen molar-refractivity contribution in [3.05, 3.63) is 12.2 Å². The monoisotopic (exact) mass is 243 g/mol. The van der Waals surface area contributed by atoms with E-state index in [2.05, 4.69) is 0 Å². The van der Waals surface area contributed by atoms with E-state index in [0.29, 0.717) is 25.8 Å². The zero-order chi connectivity index (χ0) is 12.7. The first-order valence-corrected chi connectivity index (χ1v) is 5.03. The van der Waals surface area contributed by atoms with Crippen molar-refractivity contribution < 1.29 is 29.0 Å². The molecule has 0 unspecified atom stereocenters. The molecule has 0 spiro atoms. The van der Waals surface area contributed by atoms with Crippen LogP contribution in [0.15, 0.2) is 12.2 Å². The van der Waals surface area contributed by atoms with Crippen molar-refractivity contribution in [3.63, 3.8) is 0 Å². The van der Waals surface area contributed by atoms with Crippen molar-refractivity contribution in [2.24, 2.45) is 0 Å². The summed E-state index contributed by atoms with van der Waals surface area (Å²) in [6.07, 6.45) is 1.55. The summed E-state index contributed by atoms with van der Waals surface area (Å²) in [6, 6.07) is 0. The first kappa shape index (κ1) is 13.2. The van der Waals surface area contributed by atoms with Crippen LogP contribution >= 0.6 is 0 Å². The molecule has 1 heterocycles. The van der Waals surface area contributed by atoms with Crippen LogP contribution in [0.1, 0.15) is 0 Å². The van der Waals surface area contributed by atoms with Crippen LogP contribution in [-0.4, -0.2) is 60.8 Å². The molecule has 0 aliphatic carbocycles. The number of nitrogens with zero attached hydrogens (tertiary/aromatic N) is 1. The van der Waals surface area contributed by atoms with Crippen molar-refractivity contribution in [3.8, 4) is 0 Å². The number of esters is 2. The van der Waals surface area contributed by atoms with Gasteiger partial charge in [-0.1, -0.05) is 0 Å². The van der Waals surface area contributed by atoms with Crippen molar-refractivity contribution in [1.29, 1.82) is 0 Å². The molecule has 0 aromatic rings. The number of aliphatic carboxylic acids is 1. The molecule has 1 rings (SSSR count). The zero-order valence-corrected chi connectivity index (χ0v) is 9.13. The number of carbonyl (C=O) groups is 3. The predicted molar refractivity (Wildman–Crippen MR) is 55.1 cm³/mol. The van der Waals surface area contributed by atoms with Gasteiger partial charge in [0.2, 0.25) is 0 Å². The third-order valence-corrected chi connectivity index (χ3v) is 2.04. The van der Waals surface area contributed by atoms with E-state index >= 15 is 0 Å². The highest BCUT2D eigenvalue weighted by Crippen LogP contribution is 1.97. The lowest BCUT2D eigenvalue weighted by Gasteiger charge is -2.24. The zero-order valence-electron chi connectivity index (χ0n) is 9.13. The van der Waals surface area contributed by atoms with Crippen LogP contribution in [0.25, 0.3) is 0 Å². The number of carbonyl (C=O) groups excluding carboxylic acids is 2. The van der Waals surface area contributed by atoms with Crippen molar-refractivity contribution in [1.82, 2.24) is 4.90 Å². The molecule has 7 heteroatoms. The van der Waals surface area contributed by atoms with Gasteiger partial charge in [-0.15, -0.1) is 0 Å². The molecular formula is C10H13NO6. The number of hydrogen-bond donors (Lipinski definition) is 1. The standard InChI is InChI=1S/C10H13NO6/c12-8(13)1-2-9(14)16-5-3-11-4-6-17-10(15)7-11/h1-2H,3-7H2,(H,12,13). The van der Waals surface area contributed by atoms with E-state index in [1.165, 1.54) is 0 Å². The SMILES string of the molecule is O=C(O)C=CC(=O)OCCN1CCOC(=O)C1. The summed E-state index contributed by atoms with van der Waals surface area (Å²) in [7, 11) is 0. The molecule has 7 nitrogen and oxygen atoms in total. The van der Waals surface area contributed by atoms with Crippen LogP contribution in [0, 0.1) is 0 Å². The Labute approximate surface area is 97.6 Å². The third kappa shape index (κ3) is 5.67. The fraction of sp³-hybridized carbons (Fsp3) is 0.500. The molecule has 0 aromatic heterocycles. The average molecular weight is 243 g/mol. The van der Waals surface area contributed by atoms with Crippen molar-refractivity contribution in [2.75, 3.05) is 32.8 Å². The summed E-state index contributed by atoms with van der Waals surface area (Å²) in [5, 5.41) is 8.27. The van der Waals surface area contributed by atoms with E-state index in [4.69, 9.17) is 14.6 Å². The lowest BCUT2D eigenvalue weighted by molar-refractivity contribution is -0.151. The fourth-order valence-corrected chi connectivity index (χ4v) is 1.25. The highest BCUT2D eigenvalue weighted by Gasteiger charge is 2.17. The smallest absolute Gasteiger partial charge is 0.331 e. The normalized spacial score (nSPS) is 16.8. The van der Waals surface area contributed by atoms with Gasteiger partial charge in [-0.25, -0.2) is 9.59 Å². The Morgan fingerprint density at radius 3 is 2.88 bits per heavy atom. The van der Waals surface area contributed by atoms with Crippen molar-refractivity contribution in [2.45, 2.75) is 0 Å². The van der Waals surface area contributed by atoms with E-state index in [1.54, 1.807) is 4.90 Å². The molecular weight excluding hydrogens is 230 g/mol. The van der Waals surface area contributed by atoms with E-state index < -0.39 is 11.9 Å². The Bertz CT molecular complexity index is 338. The summed E-state index contributed by atoms with van der Waals surface area (Å²) >= 11 is 0. The van der Waals surface area contributed by atoms with Crippen LogP contribution in [0.5, 0.6) is 0 Å². The molecule has 17 heavy (non-hydrogen) atoms. The summed E-state index contributed by atoms with van der Waals surface area (Å²) in [5.74, 6) is -2.22. The van der Waals surface area contributed by atoms with Gasteiger partial charge in [0.1, 0.15) is 13.2 Å². The predicted octanol–water partition coefficient (Wildman–Crippen LogP) is -0.971. The van der Waals surface area contributed by atoms with Gasteiger partial charge in [0, 0.05) is 25.2 Å². The molecule has 1 N–H and O–H groups in total. The molecule has 1 aliphatic rings. The maximum Gasteiger partial charge on any atom is 0.331 e. The number of rotatable bonds is 5. The van der Waals surface area contributed by atoms with Gasteiger partial charge in [0.25, 0.3) is 0 Å². The van der Waals surface area contributed by atoms with Gasteiger partial charge in [-0.05, 0) is 0 Å². The molecule has 0 bridgehead atoms. The van der Waals surface area contributed by atoms with E-state index in [1.807, 2.05) is 0 Å². The maximum atomic E-state index is 11.0. The van der Waals surface area contributed by atoms with Gasteiger partial charge in [0.15, 0.2) is 0 Å². The first-order valence-electron chi connectivity index (χ1n) is 5.03. The Morgan fingerprint density at radius 2 is 2.24 bits per heavy atom. The highest BCUT2D eigenvalue weighted by molar-refractivity contribution is 5.90. The molecule has 0 amide bonds. The minimum absolute atomic E-state index is 0.107. The number of carboxylic acid groups (broad SMARTS) is 1. The topological polar surface area (TPSA) is 93.1 Å². The number of cyclic esters (lactones) is 1. The summed E-state index contributed by atoms with van der Waals surface area (Å²) in [4.78, 5) is 33.8. The molecule has 0 saturated carbocycles. The van der Waals surface area contributed by atoms with Crippen LogP contribution in [0.3, 0.4) is 0 Å². The molecule has 0 atom stereocenters. The van der Waals surface area contributed by atoms with Crippen LogP contribution in [0.4, 0.5) is 0 Å². The Balaban J connectivity index is 2.16. The minimum Gasteiger partial charge on any atom is -0.478 e. The Morgan fingerprint density at radius 1 is 1.47 bits per heavy atom. The van der Waals surface area contributed by atoms with Crippen molar-refractivity contribution >= 4 is 17.9 Å². The second-order valence-electron chi connectivity index (χ2n) is 3.34. The highest BCUT2D eigenvalue weighted by atomic mass is 16.5. The molecule has 0 radical (unpaired) electrons. The summed E-state index contributed by atoms with van der Waals surface area (Å²) < 4.78 is 9.48. The lowest BCUT2D eigenvalue weighted by Crippen LogP contribution is -2.41. The minimum atomic E-state index is -1.21. The van der Waals surface area contributed by atoms with E-state index in [9.17, 15) is 14.4 Å². The van der Waals surface area contributed by atoms with Gasteiger partial charge in [-0.3, -0.25) is 9.69 Å². The third-order valence-electron chi connectivity index (χ3n) is 2.04. The Kier molecular flexibility index (Phi) is 5.15. The van der Waals surface area contributed by atoms with Crippen LogP contribution < -0.4 is 0 Å². The van der Waals surface area contributed by atoms with Gasteiger partial charge in [0.05, 0.1) is 6.54 Å². The second kappa shape index (κ2) is 6.64. The van der Waals surface area contributed by atoms with Gasteiger partial charge < -0.3 is 14.6 Å². The molecule has 1 fully saturated rings. The Hall–Kier alpha value is -1.89. The van der Waals surface area contributed by atoms with Gasteiger partial charge in [-0.2, -0.15) is 0 Å². The number of carboxylic acids is 1. The summed E-state index contributed by atoms with van der Waals surface area (Å²) in [5.41, 5.74) is 0. The average Bonchev–Trinajstić information content (AvgIpc) is 2.26. The van der Waals surface area contributed by atoms with E-state index in [-0.39, 0.29) is 19.1 Å². The molecule has 1 aliphatic heterocycles. The largest absolute Gasteiger partial charge is 0.478 e. The first-order chi connectivity index (χ1) is 8.08. The second-order valence-corrected chi connectivity index (χ2v) is 3.34. The van der Waals surface area contributed by atoms with Gasteiger partial charge >= 0.3 is 17.9 Å². The van der Waals surface area contributed by atoms with E-state index in [0.717, 1.165) is 6.08 Å².